The van der Waals surface area contributed by atoms with Crippen molar-refractivity contribution >= 4 is 6.03 Å². The number of urea groups is 1. The molecule has 0 aliphatic carbocycles. The third kappa shape index (κ3) is 6.99. The van der Waals surface area contributed by atoms with E-state index in [0.29, 0.717) is 11.3 Å². The van der Waals surface area contributed by atoms with Gasteiger partial charge in [0.1, 0.15) is 5.75 Å². The van der Waals surface area contributed by atoms with Crippen molar-refractivity contribution in [1.82, 2.24) is 10.6 Å². The Labute approximate surface area is 126 Å². The van der Waals surface area contributed by atoms with Crippen molar-refractivity contribution in [3.8, 4) is 5.75 Å². The van der Waals surface area contributed by atoms with Crippen molar-refractivity contribution in [3.63, 3.8) is 0 Å². The molecule has 0 aliphatic rings. The first kappa shape index (κ1) is 17.3. The minimum Gasteiger partial charge on any atom is -0.491 e. The Morgan fingerprint density at radius 1 is 1.33 bits per heavy atom. The summed E-state index contributed by atoms with van der Waals surface area (Å²) in [6, 6.07) is 6.97. The zero-order valence-electron chi connectivity index (χ0n) is 13.4. The molecule has 3 N–H and O–H groups in total. The first-order valence-electron chi connectivity index (χ1n) is 7.18. The second-order valence-corrected chi connectivity index (χ2v) is 6.34. The van der Waals surface area contributed by atoms with Crippen LogP contribution >= 0.6 is 0 Å². The van der Waals surface area contributed by atoms with Crippen LogP contribution in [0.15, 0.2) is 24.3 Å². The van der Waals surface area contributed by atoms with E-state index in [1.807, 2.05) is 46.8 Å². The van der Waals surface area contributed by atoms with Gasteiger partial charge in [0.15, 0.2) is 0 Å². The molecule has 2 amide bonds. The van der Waals surface area contributed by atoms with Gasteiger partial charge in [-0.1, -0.05) is 12.1 Å². The molecule has 21 heavy (non-hydrogen) atoms. The Balaban J connectivity index is 2.55. The molecule has 0 aliphatic heterocycles. The van der Waals surface area contributed by atoms with Crippen LogP contribution in [-0.4, -0.2) is 29.3 Å². The highest BCUT2D eigenvalue weighted by molar-refractivity contribution is 5.74. The number of carbonyl (C=O) groups excluding carboxylic acids is 1. The minimum atomic E-state index is -0.772. The van der Waals surface area contributed by atoms with Gasteiger partial charge in [-0.15, -0.1) is 0 Å². The molecular formula is C16H26N2O3. The van der Waals surface area contributed by atoms with Crippen LogP contribution < -0.4 is 15.4 Å². The quantitative estimate of drug-likeness (QED) is 0.781. The molecule has 0 bridgehead atoms. The first-order chi connectivity index (χ1) is 9.67. The summed E-state index contributed by atoms with van der Waals surface area (Å²) in [5.74, 6) is 0.709. The van der Waals surface area contributed by atoms with Gasteiger partial charge in [0.25, 0.3) is 0 Å². The number of hydrogen-bond donors (Lipinski definition) is 3. The van der Waals surface area contributed by atoms with Gasteiger partial charge in [-0.2, -0.15) is 0 Å². The van der Waals surface area contributed by atoms with Crippen molar-refractivity contribution < 1.29 is 14.6 Å². The number of carbonyl (C=O) groups is 1. The first-order valence-corrected chi connectivity index (χ1v) is 7.18. The Kier molecular flexibility index (Phi) is 6.03. The molecule has 0 radical (unpaired) electrons. The average molecular weight is 294 g/mol. The zero-order valence-corrected chi connectivity index (χ0v) is 13.4. The number of benzene rings is 1. The fourth-order valence-electron chi connectivity index (χ4n) is 1.76. The highest BCUT2D eigenvalue weighted by Gasteiger charge is 2.15. The van der Waals surface area contributed by atoms with Gasteiger partial charge < -0.3 is 20.5 Å². The normalized spacial score (nSPS) is 12.9. The molecule has 1 unspecified atom stereocenters. The summed E-state index contributed by atoms with van der Waals surface area (Å²) in [4.78, 5) is 11.6. The Bertz CT molecular complexity index is 467. The van der Waals surface area contributed by atoms with E-state index >= 15 is 0 Å². The molecule has 0 saturated carbocycles. The van der Waals surface area contributed by atoms with Crippen molar-refractivity contribution in [2.24, 2.45) is 0 Å². The number of nitrogens with one attached hydrogen (secondary N) is 2. The van der Waals surface area contributed by atoms with Crippen LogP contribution in [0.25, 0.3) is 0 Å². The van der Waals surface area contributed by atoms with Gasteiger partial charge in [-0.05, 0) is 52.3 Å². The maximum atomic E-state index is 11.6. The molecule has 118 valence electrons. The lowest BCUT2D eigenvalue weighted by atomic mass is 10.1. The highest BCUT2D eigenvalue weighted by Crippen LogP contribution is 2.19. The summed E-state index contributed by atoms with van der Waals surface area (Å²) in [7, 11) is 0. The molecule has 5 nitrogen and oxygen atoms in total. The molecule has 1 aromatic carbocycles. The van der Waals surface area contributed by atoms with Crippen molar-refractivity contribution in [1.29, 1.82) is 0 Å². The van der Waals surface area contributed by atoms with Crippen LogP contribution in [0, 0.1) is 0 Å². The lowest BCUT2D eigenvalue weighted by Crippen LogP contribution is -2.47. The van der Waals surface area contributed by atoms with Crippen molar-refractivity contribution in [2.75, 3.05) is 6.54 Å². The van der Waals surface area contributed by atoms with Crippen LogP contribution in [0.4, 0.5) is 4.79 Å². The predicted molar refractivity (Wildman–Crippen MR) is 83.5 cm³/mol. The van der Waals surface area contributed by atoms with E-state index in [1.165, 1.54) is 0 Å². The summed E-state index contributed by atoms with van der Waals surface area (Å²) in [5.41, 5.74) is 0.407. The highest BCUT2D eigenvalue weighted by atomic mass is 16.5. The molecule has 1 atom stereocenters. The fraction of sp³-hybridized carbons (Fsp3) is 0.562. The number of ether oxygens (including phenoxy) is 1. The zero-order chi connectivity index (χ0) is 16.0. The standard InChI is InChI=1S/C16H26N2O3/c1-11(2)21-13-8-6-7-12(9-13)14(19)10-17-15(20)18-16(3,4)5/h6-9,11,14,19H,10H2,1-5H3,(H2,17,18,20). The predicted octanol–water partition coefficient (Wildman–Crippen LogP) is 2.60. The number of rotatable bonds is 5. The van der Waals surface area contributed by atoms with E-state index in [-0.39, 0.29) is 24.2 Å². The third-order valence-corrected chi connectivity index (χ3v) is 2.56. The van der Waals surface area contributed by atoms with E-state index in [1.54, 1.807) is 12.1 Å². The molecule has 0 fully saturated rings. The Hall–Kier alpha value is -1.75. The molecule has 1 rings (SSSR count). The summed E-state index contributed by atoms with van der Waals surface area (Å²) in [5, 5.41) is 15.6. The molecule has 0 heterocycles. The molecule has 0 spiro atoms. The molecule has 5 heteroatoms. The Morgan fingerprint density at radius 2 is 2.00 bits per heavy atom. The summed E-state index contributed by atoms with van der Waals surface area (Å²) in [6.07, 6.45) is -0.695. The van der Waals surface area contributed by atoms with Gasteiger partial charge in [0.2, 0.25) is 0 Å². The number of hydrogen-bond acceptors (Lipinski definition) is 3. The molecule has 1 aromatic rings. The topological polar surface area (TPSA) is 70.6 Å². The van der Waals surface area contributed by atoms with E-state index in [0.717, 1.165) is 0 Å². The van der Waals surface area contributed by atoms with Crippen molar-refractivity contribution in [2.45, 2.75) is 52.4 Å². The molecule has 0 aromatic heterocycles. The van der Waals surface area contributed by atoms with E-state index in [2.05, 4.69) is 10.6 Å². The Morgan fingerprint density at radius 3 is 2.57 bits per heavy atom. The summed E-state index contributed by atoms with van der Waals surface area (Å²) >= 11 is 0. The van der Waals surface area contributed by atoms with Crippen LogP contribution in [0.2, 0.25) is 0 Å². The van der Waals surface area contributed by atoms with E-state index in [9.17, 15) is 9.90 Å². The summed E-state index contributed by atoms with van der Waals surface area (Å²) < 4.78 is 5.59. The number of amides is 2. The monoisotopic (exact) mass is 294 g/mol. The number of aliphatic hydroxyl groups is 1. The molecular weight excluding hydrogens is 268 g/mol. The summed E-state index contributed by atoms with van der Waals surface area (Å²) in [6.45, 7) is 9.73. The van der Waals surface area contributed by atoms with Gasteiger partial charge in [0.05, 0.1) is 12.2 Å². The lowest BCUT2D eigenvalue weighted by Gasteiger charge is -2.21. The van der Waals surface area contributed by atoms with E-state index < -0.39 is 6.10 Å². The maximum Gasteiger partial charge on any atom is 0.315 e. The van der Waals surface area contributed by atoms with Gasteiger partial charge in [-0.3, -0.25) is 0 Å². The van der Waals surface area contributed by atoms with Gasteiger partial charge in [-0.25, -0.2) is 4.79 Å². The van der Waals surface area contributed by atoms with Crippen LogP contribution in [0.5, 0.6) is 5.75 Å². The lowest BCUT2D eigenvalue weighted by molar-refractivity contribution is 0.170. The minimum absolute atomic E-state index is 0.0769. The smallest absolute Gasteiger partial charge is 0.315 e. The second kappa shape index (κ2) is 7.31. The number of aliphatic hydroxyl groups excluding tert-OH is 1. The third-order valence-electron chi connectivity index (χ3n) is 2.56. The largest absolute Gasteiger partial charge is 0.491 e. The SMILES string of the molecule is CC(C)Oc1cccc(C(O)CNC(=O)NC(C)(C)C)c1. The maximum absolute atomic E-state index is 11.6. The van der Waals surface area contributed by atoms with Crippen LogP contribution in [-0.2, 0) is 0 Å². The van der Waals surface area contributed by atoms with Gasteiger partial charge >= 0.3 is 6.03 Å². The average Bonchev–Trinajstić information content (AvgIpc) is 2.33. The van der Waals surface area contributed by atoms with Crippen LogP contribution in [0.1, 0.15) is 46.3 Å². The van der Waals surface area contributed by atoms with Crippen LogP contribution in [0.3, 0.4) is 0 Å². The fourth-order valence-corrected chi connectivity index (χ4v) is 1.76. The second-order valence-electron chi connectivity index (χ2n) is 6.34. The van der Waals surface area contributed by atoms with E-state index in [4.69, 9.17) is 4.74 Å². The van der Waals surface area contributed by atoms with Crippen molar-refractivity contribution in [3.05, 3.63) is 29.8 Å². The molecule has 0 saturated heterocycles. The van der Waals surface area contributed by atoms with Gasteiger partial charge in [0, 0.05) is 12.1 Å².